The lowest BCUT2D eigenvalue weighted by Crippen LogP contribution is -2.56. The zero-order valence-corrected chi connectivity index (χ0v) is 15.4. The van der Waals surface area contributed by atoms with E-state index in [-0.39, 0.29) is 5.91 Å². The van der Waals surface area contributed by atoms with Crippen molar-refractivity contribution < 1.29 is 9.53 Å². The highest BCUT2D eigenvalue weighted by Gasteiger charge is 2.33. The first-order valence-electron chi connectivity index (χ1n) is 9.13. The van der Waals surface area contributed by atoms with E-state index in [0.717, 1.165) is 32.7 Å². The first-order valence-corrected chi connectivity index (χ1v) is 9.13. The summed E-state index contributed by atoms with van der Waals surface area (Å²) in [6.07, 6.45) is 0. The lowest BCUT2D eigenvalue weighted by molar-refractivity contribution is 0.0482. The summed E-state index contributed by atoms with van der Waals surface area (Å²) in [5.41, 5.74) is 3.31. The molecule has 0 saturated carbocycles. The van der Waals surface area contributed by atoms with E-state index in [2.05, 4.69) is 41.1 Å². The maximum Gasteiger partial charge on any atom is 0.257 e. The van der Waals surface area contributed by atoms with E-state index in [1.165, 1.54) is 11.3 Å². The molecule has 0 aromatic heterocycles. The molecule has 5 nitrogen and oxygen atoms in total. The minimum Gasteiger partial charge on any atom is -0.496 e. The van der Waals surface area contributed by atoms with Crippen molar-refractivity contribution in [2.45, 2.75) is 12.6 Å². The van der Waals surface area contributed by atoms with E-state index in [4.69, 9.17) is 4.74 Å². The third-order valence-corrected chi connectivity index (χ3v) is 5.49. The molecule has 2 aliphatic heterocycles. The van der Waals surface area contributed by atoms with Crippen LogP contribution in [0.3, 0.4) is 0 Å². The second-order valence-electron chi connectivity index (χ2n) is 7.08. The van der Waals surface area contributed by atoms with Crippen molar-refractivity contribution in [1.29, 1.82) is 0 Å². The number of hydrogen-bond donors (Lipinski definition) is 0. The highest BCUT2D eigenvalue weighted by atomic mass is 16.5. The highest BCUT2D eigenvalue weighted by molar-refractivity contribution is 5.97. The van der Waals surface area contributed by atoms with Crippen LogP contribution in [-0.2, 0) is 6.54 Å². The van der Waals surface area contributed by atoms with Gasteiger partial charge in [0.15, 0.2) is 0 Å². The van der Waals surface area contributed by atoms with Crippen LogP contribution in [0, 0.1) is 0 Å². The van der Waals surface area contributed by atoms with Crippen molar-refractivity contribution >= 4 is 11.6 Å². The van der Waals surface area contributed by atoms with Crippen molar-refractivity contribution in [2.75, 3.05) is 45.2 Å². The van der Waals surface area contributed by atoms with Gasteiger partial charge in [0.25, 0.3) is 5.91 Å². The molecule has 0 N–H and O–H groups in total. The quantitative estimate of drug-likeness (QED) is 0.833. The Hall–Kier alpha value is -2.53. The molecule has 4 rings (SSSR count). The molecule has 1 saturated heterocycles. The lowest BCUT2D eigenvalue weighted by atomic mass is 10.1. The Balaban J connectivity index is 1.54. The van der Waals surface area contributed by atoms with Crippen LogP contribution in [-0.4, -0.2) is 62.1 Å². The molecule has 0 spiro atoms. The number of benzene rings is 2. The number of carbonyl (C=O) groups excluding carboxylic acids is 1. The summed E-state index contributed by atoms with van der Waals surface area (Å²) in [4.78, 5) is 19.9. The number of rotatable bonds is 2. The third kappa shape index (κ3) is 3.03. The van der Waals surface area contributed by atoms with Crippen molar-refractivity contribution in [3.8, 4) is 5.75 Å². The molecular formula is C21H25N3O2. The van der Waals surface area contributed by atoms with E-state index in [1.807, 2.05) is 29.2 Å². The van der Waals surface area contributed by atoms with Gasteiger partial charge in [0.05, 0.1) is 12.7 Å². The Morgan fingerprint density at radius 1 is 1.04 bits per heavy atom. The van der Waals surface area contributed by atoms with Crippen LogP contribution < -0.4 is 9.64 Å². The molecule has 2 aromatic carbocycles. The van der Waals surface area contributed by atoms with Crippen LogP contribution in [0.15, 0.2) is 48.5 Å². The molecule has 1 fully saturated rings. The minimum absolute atomic E-state index is 0.0616. The zero-order valence-electron chi connectivity index (χ0n) is 15.4. The molecule has 2 aliphatic rings. The molecule has 2 heterocycles. The van der Waals surface area contributed by atoms with Crippen LogP contribution in [0.25, 0.3) is 0 Å². The van der Waals surface area contributed by atoms with Crippen LogP contribution in [0.1, 0.15) is 15.9 Å². The Kier molecular flexibility index (Phi) is 4.55. The average Bonchev–Trinajstić information content (AvgIpc) is 2.82. The van der Waals surface area contributed by atoms with Gasteiger partial charge in [-0.05, 0) is 23.8 Å². The predicted octanol–water partition coefficient (Wildman–Crippen LogP) is 2.47. The largest absolute Gasteiger partial charge is 0.496 e. The van der Waals surface area contributed by atoms with Gasteiger partial charge >= 0.3 is 0 Å². The van der Waals surface area contributed by atoms with Crippen molar-refractivity contribution in [3.05, 3.63) is 59.7 Å². The smallest absolute Gasteiger partial charge is 0.257 e. The van der Waals surface area contributed by atoms with Gasteiger partial charge in [-0.15, -0.1) is 0 Å². The van der Waals surface area contributed by atoms with Gasteiger partial charge < -0.3 is 14.5 Å². The van der Waals surface area contributed by atoms with Gasteiger partial charge in [-0.1, -0.05) is 30.3 Å². The summed E-state index contributed by atoms with van der Waals surface area (Å²) in [5.74, 6) is 0.705. The number of methoxy groups -OCH3 is 1. The van der Waals surface area contributed by atoms with Crippen LogP contribution in [0.4, 0.5) is 5.69 Å². The second-order valence-corrected chi connectivity index (χ2v) is 7.08. The molecule has 136 valence electrons. The van der Waals surface area contributed by atoms with Gasteiger partial charge in [-0.3, -0.25) is 9.69 Å². The molecule has 2 aromatic rings. The lowest BCUT2D eigenvalue weighted by Gasteiger charge is -2.41. The van der Waals surface area contributed by atoms with Crippen LogP contribution in [0.2, 0.25) is 0 Å². The number of likely N-dealkylation sites (N-methyl/N-ethyl adjacent to an activating group) is 1. The monoisotopic (exact) mass is 351 g/mol. The molecule has 1 amide bonds. The predicted molar refractivity (Wildman–Crippen MR) is 103 cm³/mol. The Bertz CT molecular complexity index is 807. The summed E-state index contributed by atoms with van der Waals surface area (Å²) >= 11 is 0. The number of ether oxygens (including phenoxy) is 1. The average molecular weight is 351 g/mol. The minimum atomic E-state index is 0.0616. The fourth-order valence-electron chi connectivity index (χ4n) is 4.10. The van der Waals surface area contributed by atoms with E-state index in [9.17, 15) is 4.79 Å². The molecule has 0 radical (unpaired) electrons. The first kappa shape index (κ1) is 16.9. The topological polar surface area (TPSA) is 36.0 Å². The van der Waals surface area contributed by atoms with Crippen LogP contribution >= 0.6 is 0 Å². The number of carbonyl (C=O) groups is 1. The van der Waals surface area contributed by atoms with E-state index >= 15 is 0 Å². The Labute approximate surface area is 154 Å². The normalized spacial score (nSPS) is 20.2. The molecule has 1 unspecified atom stereocenters. The van der Waals surface area contributed by atoms with Crippen molar-refractivity contribution in [2.24, 2.45) is 0 Å². The SMILES string of the molecule is COc1ccccc1C(=O)N1CCN2Cc3ccccc3N(C)CC2C1. The molecule has 26 heavy (non-hydrogen) atoms. The molecule has 1 atom stereocenters. The summed E-state index contributed by atoms with van der Waals surface area (Å²) in [6, 6.07) is 16.4. The number of amides is 1. The maximum absolute atomic E-state index is 13.1. The van der Waals surface area contributed by atoms with Gasteiger partial charge in [-0.2, -0.15) is 0 Å². The highest BCUT2D eigenvalue weighted by Crippen LogP contribution is 2.28. The summed E-state index contributed by atoms with van der Waals surface area (Å²) in [6.45, 7) is 4.26. The van der Waals surface area contributed by atoms with Gasteiger partial charge in [0.2, 0.25) is 0 Å². The number of fused-ring (bicyclic) bond motifs is 2. The summed E-state index contributed by atoms with van der Waals surface area (Å²) in [7, 11) is 3.75. The third-order valence-electron chi connectivity index (χ3n) is 5.49. The number of para-hydroxylation sites is 2. The van der Waals surface area contributed by atoms with Crippen LogP contribution in [0.5, 0.6) is 5.75 Å². The molecule has 0 bridgehead atoms. The maximum atomic E-state index is 13.1. The van der Waals surface area contributed by atoms with Gasteiger partial charge in [0, 0.05) is 51.5 Å². The van der Waals surface area contributed by atoms with Crippen molar-refractivity contribution in [3.63, 3.8) is 0 Å². The van der Waals surface area contributed by atoms with E-state index in [1.54, 1.807) is 7.11 Å². The fourth-order valence-corrected chi connectivity index (χ4v) is 4.10. The van der Waals surface area contributed by atoms with Crippen molar-refractivity contribution in [1.82, 2.24) is 9.80 Å². The Morgan fingerprint density at radius 2 is 1.81 bits per heavy atom. The van der Waals surface area contributed by atoms with E-state index in [0.29, 0.717) is 17.4 Å². The molecule has 5 heteroatoms. The fraction of sp³-hybridized carbons (Fsp3) is 0.381. The number of anilines is 1. The standard InChI is InChI=1S/C21H25N3O2/c1-22-14-17-15-24(21(25)18-8-4-6-10-20(18)26-2)12-11-23(17)13-16-7-3-5-9-19(16)22/h3-10,17H,11-15H2,1-2H3. The number of nitrogens with zero attached hydrogens (tertiary/aromatic N) is 3. The summed E-state index contributed by atoms with van der Waals surface area (Å²) in [5, 5.41) is 0. The number of piperazine rings is 1. The zero-order chi connectivity index (χ0) is 18.1. The Morgan fingerprint density at radius 3 is 2.65 bits per heavy atom. The van der Waals surface area contributed by atoms with Gasteiger partial charge in [0.1, 0.15) is 5.75 Å². The molecule has 0 aliphatic carbocycles. The van der Waals surface area contributed by atoms with Gasteiger partial charge in [-0.25, -0.2) is 0 Å². The summed E-state index contributed by atoms with van der Waals surface area (Å²) < 4.78 is 5.38. The molecular weight excluding hydrogens is 326 g/mol. The number of hydrogen-bond acceptors (Lipinski definition) is 4. The second kappa shape index (κ2) is 7.00. The first-order chi connectivity index (χ1) is 12.7. The van der Waals surface area contributed by atoms with E-state index < -0.39 is 0 Å².